The molecule has 1 heterocycles. The van der Waals surface area contributed by atoms with Crippen LogP contribution in [0.2, 0.25) is 0 Å². The maximum Gasteiger partial charge on any atom is 0.339 e. The van der Waals surface area contributed by atoms with Crippen molar-refractivity contribution < 1.29 is 9.90 Å². The van der Waals surface area contributed by atoms with Gasteiger partial charge in [0.25, 0.3) is 0 Å². The molecule has 0 unspecified atom stereocenters. The Morgan fingerprint density at radius 3 is 2.63 bits per heavy atom. The number of benzene rings is 2. The summed E-state index contributed by atoms with van der Waals surface area (Å²) in [7, 11) is 1.72. The summed E-state index contributed by atoms with van der Waals surface area (Å²) >= 11 is 0. The summed E-state index contributed by atoms with van der Waals surface area (Å²) in [6.45, 7) is 0. The molecule has 0 aliphatic heterocycles. The Labute approximate surface area is 109 Å². The van der Waals surface area contributed by atoms with E-state index < -0.39 is 5.97 Å². The number of nitrogens with zero attached hydrogens (tertiary/aromatic N) is 2. The van der Waals surface area contributed by atoms with Crippen LogP contribution in [0, 0.1) is 0 Å². The Morgan fingerprint density at radius 1 is 1.16 bits per heavy atom. The van der Waals surface area contributed by atoms with Crippen molar-refractivity contribution in [1.29, 1.82) is 0 Å². The zero-order valence-corrected chi connectivity index (χ0v) is 10.4. The average Bonchev–Trinajstić information content (AvgIpc) is 2.80. The molecule has 0 amide bonds. The number of aromatic carboxylic acids is 1. The first-order valence-corrected chi connectivity index (χ1v) is 5.91. The second kappa shape index (κ2) is 4.24. The number of fused-ring (bicyclic) bond motifs is 1. The summed E-state index contributed by atoms with van der Waals surface area (Å²) in [4.78, 5) is 11.2. The van der Waals surface area contributed by atoms with Gasteiger partial charge in [-0.2, -0.15) is 5.10 Å². The van der Waals surface area contributed by atoms with E-state index in [4.69, 9.17) is 0 Å². The topological polar surface area (TPSA) is 55.1 Å². The Hall–Kier alpha value is -2.62. The molecule has 3 rings (SSSR count). The molecule has 19 heavy (non-hydrogen) atoms. The van der Waals surface area contributed by atoms with Crippen molar-refractivity contribution in [3.63, 3.8) is 0 Å². The number of rotatable bonds is 2. The second-order valence-electron chi connectivity index (χ2n) is 4.43. The van der Waals surface area contributed by atoms with E-state index in [2.05, 4.69) is 5.10 Å². The summed E-state index contributed by atoms with van der Waals surface area (Å²) in [6, 6.07) is 13.8. The van der Waals surface area contributed by atoms with E-state index in [0.29, 0.717) is 5.69 Å². The lowest BCUT2D eigenvalue weighted by molar-refractivity contribution is 0.0697. The highest BCUT2D eigenvalue weighted by Gasteiger charge is 2.16. The lowest BCUT2D eigenvalue weighted by Gasteiger charge is -2.02. The van der Waals surface area contributed by atoms with Crippen LogP contribution in [-0.4, -0.2) is 20.9 Å². The zero-order chi connectivity index (χ0) is 13.4. The monoisotopic (exact) mass is 252 g/mol. The van der Waals surface area contributed by atoms with Crippen LogP contribution < -0.4 is 0 Å². The van der Waals surface area contributed by atoms with Gasteiger partial charge in [-0.25, -0.2) is 4.79 Å². The average molecular weight is 252 g/mol. The van der Waals surface area contributed by atoms with E-state index in [1.54, 1.807) is 7.05 Å². The SMILES string of the molecule is Cn1cc(C(=O)O)c(-c2ccc3ccccc3c2)n1. The minimum Gasteiger partial charge on any atom is -0.478 e. The van der Waals surface area contributed by atoms with Crippen LogP contribution in [0.25, 0.3) is 22.0 Å². The molecule has 0 fully saturated rings. The highest BCUT2D eigenvalue weighted by atomic mass is 16.4. The first-order chi connectivity index (χ1) is 9.15. The van der Waals surface area contributed by atoms with Crippen molar-refractivity contribution in [2.24, 2.45) is 7.05 Å². The minimum absolute atomic E-state index is 0.220. The molecular formula is C15H12N2O2. The van der Waals surface area contributed by atoms with Crippen LogP contribution in [-0.2, 0) is 7.05 Å². The molecule has 0 saturated carbocycles. The molecule has 0 aliphatic carbocycles. The van der Waals surface area contributed by atoms with Gasteiger partial charge >= 0.3 is 5.97 Å². The fraction of sp³-hybridized carbons (Fsp3) is 0.0667. The molecule has 0 spiro atoms. The minimum atomic E-state index is -0.962. The van der Waals surface area contributed by atoms with Crippen molar-refractivity contribution in [2.75, 3.05) is 0 Å². The smallest absolute Gasteiger partial charge is 0.339 e. The Bertz CT molecular complexity index is 775. The van der Waals surface area contributed by atoms with Gasteiger partial charge < -0.3 is 5.11 Å². The van der Waals surface area contributed by atoms with Gasteiger partial charge in [0.2, 0.25) is 0 Å². The van der Waals surface area contributed by atoms with Crippen molar-refractivity contribution in [3.8, 4) is 11.3 Å². The van der Waals surface area contributed by atoms with Crippen LogP contribution in [0.4, 0.5) is 0 Å². The van der Waals surface area contributed by atoms with Gasteiger partial charge in [-0.1, -0.05) is 36.4 Å². The number of carbonyl (C=O) groups is 1. The van der Waals surface area contributed by atoms with E-state index in [-0.39, 0.29) is 5.56 Å². The van der Waals surface area contributed by atoms with Crippen LogP contribution in [0.3, 0.4) is 0 Å². The van der Waals surface area contributed by atoms with Gasteiger partial charge in [-0.15, -0.1) is 0 Å². The predicted molar refractivity (Wildman–Crippen MR) is 73.1 cm³/mol. The highest BCUT2D eigenvalue weighted by molar-refractivity contribution is 5.96. The molecule has 0 atom stereocenters. The Balaban J connectivity index is 2.21. The van der Waals surface area contributed by atoms with E-state index in [1.807, 2.05) is 42.5 Å². The third-order valence-corrected chi connectivity index (χ3v) is 3.08. The van der Waals surface area contributed by atoms with Gasteiger partial charge in [0.1, 0.15) is 11.3 Å². The van der Waals surface area contributed by atoms with E-state index in [9.17, 15) is 9.90 Å². The normalized spacial score (nSPS) is 10.8. The van der Waals surface area contributed by atoms with Crippen molar-refractivity contribution in [1.82, 2.24) is 9.78 Å². The summed E-state index contributed by atoms with van der Waals surface area (Å²) in [6.07, 6.45) is 1.52. The number of aryl methyl sites for hydroxylation is 1. The van der Waals surface area contributed by atoms with Crippen molar-refractivity contribution in [3.05, 3.63) is 54.2 Å². The molecule has 3 aromatic rings. The van der Waals surface area contributed by atoms with Crippen molar-refractivity contribution >= 4 is 16.7 Å². The molecule has 1 N–H and O–H groups in total. The van der Waals surface area contributed by atoms with E-state index in [0.717, 1.165) is 16.3 Å². The van der Waals surface area contributed by atoms with Crippen LogP contribution in [0.15, 0.2) is 48.7 Å². The molecule has 0 aliphatic rings. The fourth-order valence-electron chi connectivity index (χ4n) is 2.19. The quantitative estimate of drug-likeness (QED) is 0.763. The van der Waals surface area contributed by atoms with Gasteiger partial charge in [0.05, 0.1) is 0 Å². The third kappa shape index (κ3) is 1.97. The van der Waals surface area contributed by atoms with E-state index >= 15 is 0 Å². The fourth-order valence-corrected chi connectivity index (χ4v) is 2.19. The maximum atomic E-state index is 11.2. The first-order valence-electron chi connectivity index (χ1n) is 5.91. The molecule has 4 heteroatoms. The number of carboxylic acids is 1. The number of carboxylic acid groups (broad SMARTS) is 1. The first kappa shape index (κ1) is 11.5. The van der Waals surface area contributed by atoms with Gasteiger partial charge in [0.15, 0.2) is 0 Å². The number of hydrogen-bond acceptors (Lipinski definition) is 2. The standard InChI is InChI=1S/C15H12N2O2/c1-17-9-13(15(18)19)14(16-17)12-7-6-10-4-2-3-5-11(10)8-12/h2-9H,1H3,(H,18,19). The molecule has 94 valence electrons. The molecule has 4 nitrogen and oxygen atoms in total. The summed E-state index contributed by atoms with van der Waals surface area (Å²) in [5.41, 5.74) is 1.54. The third-order valence-electron chi connectivity index (χ3n) is 3.08. The molecular weight excluding hydrogens is 240 g/mol. The zero-order valence-electron chi connectivity index (χ0n) is 10.4. The predicted octanol–water partition coefficient (Wildman–Crippen LogP) is 2.94. The van der Waals surface area contributed by atoms with Crippen molar-refractivity contribution in [2.45, 2.75) is 0 Å². The van der Waals surface area contributed by atoms with Gasteiger partial charge in [-0.05, 0) is 16.8 Å². The molecule has 2 aromatic carbocycles. The summed E-state index contributed by atoms with van der Waals surface area (Å²) < 4.78 is 1.52. The molecule has 0 saturated heterocycles. The Kier molecular flexibility index (Phi) is 2.56. The Morgan fingerprint density at radius 2 is 1.89 bits per heavy atom. The second-order valence-corrected chi connectivity index (χ2v) is 4.43. The maximum absolute atomic E-state index is 11.2. The molecule has 0 bridgehead atoms. The lowest BCUT2D eigenvalue weighted by atomic mass is 10.0. The summed E-state index contributed by atoms with van der Waals surface area (Å²) in [5.74, 6) is -0.962. The summed E-state index contributed by atoms with van der Waals surface area (Å²) in [5, 5.41) is 15.6. The number of hydrogen-bond donors (Lipinski definition) is 1. The molecule has 1 aromatic heterocycles. The van der Waals surface area contributed by atoms with Crippen LogP contribution in [0.1, 0.15) is 10.4 Å². The van der Waals surface area contributed by atoms with Crippen LogP contribution in [0.5, 0.6) is 0 Å². The number of aromatic nitrogens is 2. The van der Waals surface area contributed by atoms with E-state index in [1.165, 1.54) is 10.9 Å². The highest BCUT2D eigenvalue weighted by Crippen LogP contribution is 2.25. The van der Waals surface area contributed by atoms with Gasteiger partial charge in [-0.3, -0.25) is 4.68 Å². The molecule has 0 radical (unpaired) electrons. The van der Waals surface area contributed by atoms with Gasteiger partial charge in [0, 0.05) is 18.8 Å². The van der Waals surface area contributed by atoms with Crippen LogP contribution >= 0.6 is 0 Å². The largest absolute Gasteiger partial charge is 0.478 e. The lowest BCUT2D eigenvalue weighted by Crippen LogP contribution is -1.96.